The molecule has 96 valence electrons. The number of hydrogen-bond donors (Lipinski definition) is 1. The number of rotatable bonds is 5. The number of aliphatic carboxylic acids is 3. The monoisotopic (exact) mass is 284 g/mol. The molecule has 0 unspecified atom stereocenters. The van der Waals surface area contributed by atoms with Crippen molar-refractivity contribution in [1.82, 2.24) is 0 Å². The first-order valence-corrected chi connectivity index (χ1v) is 3.11. The fraction of sp³-hybridized carbons (Fsp3) is 0.500. The first kappa shape index (κ1) is 24.2. The van der Waals surface area contributed by atoms with Crippen LogP contribution >= 0.6 is 0 Å². The molecule has 0 atom stereocenters. The summed E-state index contributed by atoms with van der Waals surface area (Å²) in [6.45, 7) is 0. The van der Waals surface area contributed by atoms with Gasteiger partial charge in [0.15, 0.2) is 0 Å². The molecule has 0 aliphatic carbocycles. The van der Waals surface area contributed by atoms with Crippen molar-refractivity contribution in [2.45, 2.75) is 18.4 Å². The van der Waals surface area contributed by atoms with E-state index in [4.69, 9.17) is 5.11 Å². The van der Waals surface area contributed by atoms with Crippen LogP contribution in [0.4, 0.5) is 0 Å². The minimum Gasteiger partial charge on any atom is -0.550 e. The van der Waals surface area contributed by atoms with Gasteiger partial charge in [0.05, 0.1) is 5.97 Å². The van der Waals surface area contributed by atoms with E-state index in [2.05, 4.69) is 0 Å². The van der Waals surface area contributed by atoms with Gasteiger partial charge >= 0.3 is 16.8 Å². The Morgan fingerprint density at radius 3 is 1.31 bits per heavy atom. The summed E-state index contributed by atoms with van der Waals surface area (Å²) in [7, 11) is 0. The van der Waals surface area contributed by atoms with Gasteiger partial charge in [-0.25, -0.2) is 0 Å². The molecule has 0 aliphatic heterocycles. The van der Waals surface area contributed by atoms with E-state index < -0.39 is 36.4 Å². The molecule has 0 spiro atoms. The Balaban J connectivity index is -0.000000240. The summed E-state index contributed by atoms with van der Waals surface area (Å²) in [4.78, 5) is 30.0. The van der Waals surface area contributed by atoms with E-state index in [1.165, 1.54) is 0 Å². The number of carbonyl (C=O) groups is 3. The summed E-state index contributed by atoms with van der Waals surface area (Å²) >= 11 is 0. The zero-order chi connectivity index (χ0) is 10.6. The number of carboxylic acid groups (broad SMARTS) is 3. The third kappa shape index (κ3) is 8.13. The van der Waals surface area contributed by atoms with Crippen molar-refractivity contribution in [2.75, 3.05) is 0 Å². The molecular weight excluding hydrogens is 275 g/mol. The zero-order valence-electron chi connectivity index (χ0n) is 7.64. The molecule has 10 heteroatoms. The van der Waals surface area contributed by atoms with Crippen LogP contribution in [0.3, 0.4) is 0 Å². The Morgan fingerprint density at radius 1 is 0.938 bits per heavy atom. The van der Waals surface area contributed by atoms with Crippen molar-refractivity contribution in [3.63, 3.8) is 0 Å². The Bertz CT molecular complexity index is 234. The predicted molar refractivity (Wildman–Crippen MR) is 36.4 cm³/mol. The number of carboxylic acids is 3. The summed E-state index contributed by atoms with van der Waals surface area (Å²) in [5.74, 6) is -5.98. The second-order valence-electron chi connectivity index (χ2n) is 2.42. The molecular formula is C6H9CoO9. The van der Waals surface area contributed by atoms with E-state index in [1.807, 2.05) is 0 Å². The van der Waals surface area contributed by atoms with Gasteiger partial charge in [-0.2, -0.15) is 0 Å². The summed E-state index contributed by atoms with van der Waals surface area (Å²) in [5, 5.41) is 38.9. The first-order chi connectivity index (χ1) is 5.78. The summed E-state index contributed by atoms with van der Waals surface area (Å²) in [6.07, 6.45) is -2.72. The zero-order valence-corrected chi connectivity index (χ0v) is 8.69. The molecule has 0 bridgehead atoms. The normalized spacial score (nSPS) is 8.81. The van der Waals surface area contributed by atoms with Crippen LogP contribution in [-0.4, -0.2) is 39.6 Å². The van der Waals surface area contributed by atoms with E-state index in [-0.39, 0.29) is 27.7 Å². The van der Waals surface area contributed by atoms with E-state index >= 15 is 0 Å². The van der Waals surface area contributed by atoms with Gasteiger partial charge in [0.25, 0.3) is 0 Å². The van der Waals surface area contributed by atoms with E-state index in [9.17, 15) is 29.7 Å². The molecule has 0 aromatic carbocycles. The van der Waals surface area contributed by atoms with Crippen molar-refractivity contribution in [3.05, 3.63) is 0 Å². The smallest absolute Gasteiger partial charge is 0.550 e. The molecule has 9 nitrogen and oxygen atoms in total. The molecule has 0 aromatic rings. The van der Waals surface area contributed by atoms with Crippen LogP contribution in [0, 0.1) is 0 Å². The molecule has 0 radical (unpaired) electrons. The van der Waals surface area contributed by atoms with Gasteiger partial charge in [-0.15, -0.1) is 0 Å². The summed E-state index contributed by atoms with van der Waals surface area (Å²) in [5.41, 5.74) is -2.97. The molecule has 0 saturated heterocycles. The Morgan fingerprint density at radius 2 is 1.19 bits per heavy atom. The number of aliphatic hydroxyl groups is 1. The average molecular weight is 284 g/mol. The van der Waals surface area contributed by atoms with Crippen molar-refractivity contribution < 1.29 is 62.5 Å². The van der Waals surface area contributed by atoms with Crippen LogP contribution < -0.4 is 15.3 Å². The van der Waals surface area contributed by atoms with E-state index in [1.54, 1.807) is 0 Å². The topological polar surface area (TPSA) is 204 Å². The van der Waals surface area contributed by atoms with Gasteiger partial charge < -0.3 is 45.8 Å². The SMILES string of the molecule is O.O.O=C([O-])CC(O)(CC(=O)[O-])C(=O)[O-].[Co+3]. The Hall–Kier alpha value is -1.20. The standard InChI is InChI=1S/C6H8O7.Co.2H2O/c7-3(8)1-6(13,5(11)12)2-4(9)10;;;/h13H,1-2H2,(H,7,8)(H,9,10)(H,11,12);;2*1H2/q;+3;;/p-3. The molecule has 5 N–H and O–H groups in total. The van der Waals surface area contributed by atoms with Crippen LogP contribution in [0.25, 0.3) is 0 Å². The van der Waals surface area contributed by atoms with E-state index in [0.717, 1.165) is 0 Å². The maximum Gasteiger partial charge on any atom is 3.00 e. The van der Waals surface area contributed by atoms with Crippen molar-refractivity contribution in [2.24, 2.45) is 0 Å². The maximum absolute atomic E-state index is 10.1. The molecule has 0 aliphatic rings. The largest absolute Gasteiger partial charge is 3.00 e. The molecule has 0 heterocycles. The average Bonchev–Trinajstić information content (AvgIpc) is 1.82. The summed E-state index contributed by atoms with van der Waals surface area (Å²) < 4.78 is 0. The van der Waals surface area contributed by atoms with Crippen LogP contribution in [0.15, 0.2) is 0 Å². The molecule has 16 heavy (non-hydrogen) atoms. The minimum atomic E-state index is -2.97. The first-order valence-electron chi connectivity index (χ1n) is 3.11. The van der Waals surface area contributed by atoms with Crippen LogP contribution in [-0.2, 0) is 31.2 Å². The van der Waals surface area contributed by atoms with Crippen molar-refractivity contribution in [3.8, 4) is 0 Å². The Kier molecular flexibility index (Phi) is 13.7. The molecule has 0 rings (SSSR count). The van der Waals surface area contributed by atoms with Gasteiger partial charge in [-0.3, -0.25) is 0 Å². The summed E-state index contributed by atoms with van der Waals surface area (Å²) in [6, 6.07) is 0. The third-order valence-corrected chi connectivity index (χ3v) is 1.25. The van der Waals surface area contributed by atoms with Crippen molar-refractivity contribution in [1.29, 1.82) is 0 Å². The quantitative estimate of drug-likeness (QED) is 0.515. The second-order valence-corrected chi connectivity index (χ2v) is 2.42. The van der Waals surface area contributed by atoms with Crippen molar-refractivity contribution >= 4 is 17.9 Å². The van der Waals surface area contributed by atoms with Gasteiger partial charge in [0.1, 0.15) is 5.60 Å². The second kappa shape index (κ2) is 9.05. The molecule has 0 fully saturated rings. The maximum atomic E-state index is 10.1. The number of carbonyl (C=O) groups excluding carboxylic acids is 3. The van der Waals surface area contributed by atoms with Crippen LogP contribution in [0.2, 0.25) is 0 Å². The van der Waals surface area contributed by atoms with Gasteiger partial charge in [0, 0.05) is 24.8 Å². The fourth-order valence-electron chi connectivity index (χ4n) is 0.684. The van der Waals surface area contributed by atoms with Gasteiger partial charge in [0.2, 0.25) is 0 Å². The predicted octanol–water partition coefficient (Wildman–Crippen LogP) is -6.90. The minimum absolute atomic E-state index is 0. The number of hydrogen-bond acceptors (Lipinski definition) is 7. The fourth-order valence-corrected chi connectivity index (χ4v) is 0.684. The Labute approximate surface area is 99.5 Å². The third-order valence-electron chi connectivity index (χ3n) is 1.25. The van der Waals surface area contributed by atoms with E-state index in [0.29, 0.717) is 0 Å². The molecule has 0 aromatic heterocycles. The molecule has 0 amide bonds. The molecule has 0 saturated carbocycles. The van der Waals surface area contributed by atoms with Crippen LogP contribution in [0.5, 0.6) is 0 Å². The van der Waals surface area contributed by atoms with Crippen LogP contribution in [0.1, 0.15) is 12.8 Å². The van der Waals surface area contributed by atoms with Gasteiger partial charge in [-0.1, -0.05) is 0 Å². The van der Waals surface area contributed by atoms with Gasteiger partial charge in [-0.05, 0) is 0 Å².